The van der Waals surface area contributed by atoms with E-state index >= 15 is 0 Å². The number of aliphatic hydroxyl groups is 1. The highest BCUT2D eigenvalue weighted by atomic mass is 16.3. The molecule has 0 radical (unpaired) electrons. The van der Waals surface area contributed by atoms with E-state index < -0.39 is 0 Å². The van der Waals surface area contributed by atoms with Crippen LogP contribution in [-0.4, -0.2) is 17.8 Å². The Morgan fingerprint density at radius 1 is 1.29 bits per heavy atom. The summed E-state index contributed by atoms with van der Waals surface area (Å²) in [5.41, 5.74) is 1.15. The summed E-state index contributed by atoms with van der Waals surface area (Å²) in [7, 11) is 0. The van der Waals surface area contributed by atoms with Crippen molar-refractivity contribution >= 4 is 0 Å². The van der Waals surface area contributed by atoms with Gasteiger partial charge in [-0.15, -0.1) is 0 Å². The predicted molar refractivity (Wildman–Crippen MR) is 59.2 cm³/mol. The van der Waals surface area contributed by atoms with Gasteiger partial charge < -0.3 is 10.4 Å². The first-order valence-corrected chi connectivity index (χ1v) is 5.19. The molecule has 0 saturated heterocycles. The minimum Gasteiger partial charge on any atom is -0.394 e. The lowest BCUT2D eigenvalue weighted by atomic mass is 10.1. The van der Waals surface area contributed by atoms with Crippen molar-refractivity contribution in [3.63, 3.8) is 0 Å². The van der Waals surface area contributed by atoms with Gasteiger partial charge in [-0.25, -0.2) is 0 Å². The van der Waals surface area contributed by atoms with Crippen molar-refractivity contribution in [1.82, 2.24) is 5.32 Å². The first kappa shape index (κ1) is 11.2. The zero-order valence-corrected chi connectivity index (χ0v) is 8.90. The molecule has 0 aliphatic heterocycles. The van der Waals surface area contributed by atoms with Crippen LogP contribution in [0.25, 0.3) is 0 Å². The molecule has 1 aromatic carbocycles. The Bertz CT molecular complexity index is 248. The van der Waals surface area contributed by atoms with Crippen LogP contribution >= 0.6 is 0 Å². The van der Waals surface area contributed by atoms with Crippen LogP contribution < -0.4 is 5.32 Å². The van der Waals surface area contributed by atoms with Crippen LogP contribution in [0.15, 0.2) is 30.3 Å². The topological polar surface area (TPSA) is 32.3 Å². The third-order valence-electron chi connectivity index (χ3n) is 2.48. The van der Waals surface area contributed by atoms with Gasteiger partial charge >= 0.3 is 0 Å². The Morgan fingerprint density at radius 2 is 1.93 bits per heavy atom. The van der Waals surface area contributed by atoms with Crippen molar-refractivity contribution < 1.29 is 5.11 Å². The van der Waals surface area contributed by atoms with E-state index in [1.54, 1.807) is 0 Å². The van der Waals surface area contributed by atoms with Gasteiger partial charge in [0, 0.05) is 6.04 Å². The maximum Gasteiger partial charge on any atom is 0.0626 e. The molecule has 0 heterocycles. The van der Waals surface area contributed by atoms with E-state index in [0.29, 0.717) is 6.04 Å². The fraction of sp³-hybridized carbons (Fsp3) is 0.500. The van der Waals surface area contributed by atoms with Crippen molar-refractivity contribution in [2.45, 2.75) is 32.4 Å². The van der Waals surface area contributed by atoms with Crippen molar-refractivity contribution in [3.05, 3.63) is 35.9 Å². The average Bonchev–Trinajstić information content (AvgIpc) is 2.26. The lowest BCUT2D eigenvalue weighted by Gasteiger charge is -2.20. The Morgan fingerprint density at radius 3 is 2.43 bits per heavy atom. The molecular formula is C12H19NO. The molecule has 1 rings (SSSR count). The summed E-state index contributed by atoms with van der Waals surface area (Å²) < 4.78 is 0. The van der Waals surface area contributed by atoms with E-state index in [1.807, 2.05) is 30.3 Å². The van der Waals surface area contributed by atoms with E-state index in [1.165, 1.54) is 0 Å². The van der Waals surface area contributed by atoms with E-state index in [9.17, 15) is 5.11 Å². The first-order chi connectivity index (χ1) is 6.77. The fourth-order valence-corrected chi connectivity index (χ4v) is 1.40. The van der Waals surface area contributed by atoms with Gasteiger partial charge in [-0.1, -0.05) is 37.3 Å². The van der Waals surface area contributed by atoms with Crippen molar-refractivity contribution in [1.29, 1.82) is 0 Å². The molecule has 0 bridgehead atoms. The molecular weight excluding hydrogens is 174 g/mol. The number of aliphatic hydroxyl groups excluding tert-OH is 1. The molecule has 0 spiro atoms. The standard InChI is InChI=1S/C12H19NO/c1-3-10(2)13-12(9-14)11-7-5-4-6-8-11/h4-8,10,12-14H,3,9H2,1-2H3/t10-,12-/m0/s1. The predicted octanol–water partition coefficient (Wildman–Crippen LogP) is 2.11. The Kier molecular flexibility index (Phi) is 4.63. The third kappa shape index (κ3) is 3.13. The minimum absolute atomic E-state index is 0.0612. The lowest BCUT2D eigenvalue weighted by Crippen LogP contribution is -2.32. The van der Waals surface area contributed by atoms with Crippen molar-refractivity contribution in [2.75, 3.05) is 6.61 Å². The number of nitrogens with one attached hydrogen (secondary N) is 1. The second-order valence-corrected chi connectivity index (χ2v) is 3.62. The highest BCUT2D eigenvalue weighted by Gasteiger charge is 2.11. The number of hydrogen-bond donors (Lipinski definition) is 2. The van der Waals surface area contributed by atoms with Crippen molar-refractivity contribution in [2.24, 2.45) is 0 Å². The molecule has 0 amide bonds. The van der Waals surface area contributed by atoms with Crippen LogP contribution in [0.2, 0.25) is 0 Å². The zero-order chi connectivity index (χ0) is 10.4. The van der Waals surface area contributed by atoms with Gasteiger partial charge in [0.05, 0.1) is 12.6 Å². The van der Waals surface area contributed by atoms with Crippen molar-refractivity contribution in [3.8, 4) is 0 Å². The summed E-state index contributed by atoms with van der Waals surface area (Å²) >= 11 is 0. The van der Waals surface area contributed by atoms with Gasteiger partial charge in [-0.3, -0.25) is 0 Å². The molecule has 0 aliphatic carbocycles. The first-order valence-electron chi connectivity index (χ1n) is 5.19. The molecule has 0 aliphatic rings. The smallest absolute Gasteiger partial charge is 0.0626 e. The highest BCUT2D eigenvalue weighted by molar-refractivity contribution is 5.18. The Hall–Kier alpha value is -0.860. The third-order valence-corrected chi connectivity index (χ3v) is 2.48. The van der Waals surface area contributed by atoms with Gasteiger partial charge in [0.25, 0.3) is 0 Å². The van der Waals surface area contributed by atoms with Crippen LogP contribution in [0, 0.1) is 0 Å². The Labute approximate surface area is 86.0 Å². The molecule has 2 N–H and O–H groups in total. The van der Waals surface area contributed by atoms with Crippen LogP contribution in [0.5, 0.6) is 0 Å². The maximum atomic E-state index is 9.26. The van der Waals surface area contributed by atoms with E-state index in [4.69, 9.17) is 0 Å². The molecule has 78 valence electrons. The van der Waals surface area contributed by atoms with Gasteiger partial charge in [0.1, 0.15) is 0 Å². The van der Waals surface area contributed by atoms with E-state index in [-0.39, 0.29) is 12.6 Å². The summed E-state index contributed by atoms with van der Waals surface area (Å²) in [5, 5.41) is 12.6. The molecule has 2 atom stereocenters. The molecule has 2 heteroatoms. The fourth-order valence-electron chi connectivity index (χ4n) is 1.40. The quantitative estimate of drug-likeness (QED) is 0.750. The summed E-state index contributed by atoms with van der Waals surface area (Å²) in [4.78, 5) is 0. The second-order valence-electron chi connectivity index (χ2n) is 3.62. The van der Waals surface area contributed by atoms with E-state index in [0.717, 1.165) is 12.0 Å². The molecule has 0 fully saturated rings. The van der Waals surface area contributed by atoms with Crippen LogP contribution in [0.4, 0.5) is 0 Å². The van der Waals surface area contributed by atoms with Crippen LogP contribution in [-0.2, 0) is 0 Å². The number of benzene rings is 1. The highest BCUT2D eigenvalue weighted by Crippen LogP contribution is 2.12. The van der Waals surface area contributed by atoms with Gasteiger partial charge in [0.15, 0.2) is 0 Å². The summed E-state index contributed by atoms with van der Waals surface area (Å²) in [6.07, 6.45) is 1.07. The SMILES string of the molecule is CC[C@H](C)N[C@@H](CO)c1ccccc1. The van der Waals surface area contributed by atoms with Crippen LogP contribution in [0.3, 0.4) is 0 Å². The van der Waals surface area contributed by atoms with E-state index in [2.05, 4.69) is 19.2 Å². The second kappa shape index (κ2) is 5.78. The molecule has 1 aromatic rings. The molecule has 0 unspecified atom stereocenters. The summed E-state index contributed by atoms with van der Waals surface area (Å²) in [6, 6.07) is 10.6. The molecule has 14 heavy (non-hydrogen) atoms. The molecule has 0 aromatic heterocycles. The Balaban J connectivity index is 2.63. The maximum absolute atomic E-state index is 9.26. The lowest BCUT2D eigenvalue weighted by molar-refractivity contribution is 0.234. The largest absolute Gasteiger partial charge is 0.394 e. The van der Waals surface area contributed by atoms with Gasteiger partial charge in [-0.2, -0.15) is 0 Å². The zero-order valence-electron chi connectivity index (χ0n) is 8.90. The van der Waals surface area contributed by atoms with Gasteiger partial charge in [0.2, 0.25) is 0 Å². The summed E-state index contributed by atoms with van der Waals surface area (Å²) in [5.74, 6) is 0. The number of hydrogen-bond acceptors (Lipinski definition) is 2. The molecule has 2 nitrogen and oxygen atoms in total. The minimum atomic E-state index is 0.0612. The van der Waals surface area contributed by atoms with Crippen LogP contribution in [0.1, 0.15) is 31.9 Å². The molecule has 0 saturated carbocycles. The van der Waals surface area contributed by atoms with Gasteiger partial charge in [-0.05, 0) is 18.9 Å². The average molecular weight is 193 g/mol. The summed E-state index contributed by atoms with van der Waals surface area (Å²) in [6.45, 7) is 4.41. The number of rotatable bonds is 5. The normalized spacial score (nSPS) is 15.1. The monoisotopic (exact) mass is 193 g/mol.